The van der Waals surface area contributed by atoms with Crippen LogP contribution in [-0.2, 0) is 12.2 Å². The van der Waals surface area contributed by atoms with E-state index in [-0.39, 0.29) is 5.56 Å². The van der Waals surface area contributed by atoms with E-state index in [0.717, 1.165) is 11.0 Å². The number of anilines is 1. The maximum Gasteiger partial charge on any atom is 0.256 e. The second-order valence-electron chi connectivity index (χ2n) is 4.45. The number of nitrogens with two attached hydrogens (primary N) is 1. The molecule has 1 saturated carbocycles. The topological polar surface area (TPSA) is 71.8 Å². The van der Waals surface area contributed by atoms with E-state index >= 15 is 0 Å². The summed E-state index contributed by atoms with van der Waals surface area (Å²) in [5.74, 6) is 1.86. The van der Waals surface area contributed by atoms with Crippen molar-refractivity contribution in [2.45, 2.75) is 50.0 Å². The van der Waals surface area contributed by atoms with Crippen LogP contribution in [0.15, 0.2) is 4.79 Å². The smallest absolute Gasteiger partial charge is 0.256 e. The van der Waals surface area contributed by atoms with Gasteiger partial charge in [0.2, 0.25) is 0 Å². The zero-order chi connectivity index (χ0) is 12.3. The molecule has 1 aromatic heterocycles. The quantitative estimate of drug-likeness (QED) is 0.862. The maximum atomic E-state index is 11.7. The third kappa shape index (κ3) is 3.03. The molecular formula is C12H19N3OS. The summed E-state index contributed by atoms with van der Waals surface area (Å²) in [6.07, 6.45) is 5.87. The number of nitrogens with one attached hydrogen (secondary N) is 1. The Bertz CT molecular complexity index is 438. The van der Waals surface area contributed by atoms with Gasteiger partial charge in [-0.25, -0.2) is 4.98 Å². The molecule has 1 aromatic rings. The summed E-state index contributed by atoms with van der Waals surface area (Å²) in [6.45, 7) is 1.91. The number of nitrogen functional groups attached to an aromatic ring is 1. The van der Waals surface area contributed by atoms with Gasteiger partial charge in [0.1, 0.15) is 11.6 Å². The zero-order valence-electron chi connectivity index (χ0n) is 10.2. The molecule has 1 fully saturated rings. The molecular weight excluding hydrogens is 234 g/mol. The number of aromatic amines is 1. The van der Waals surface area contributed by atoms with Crippen LogP contribution >= 0.6 is 11.8 Å². The first-order valence-electron chi connectivity index (χ1n) is 6.20. The van der Waals surface area contributed by atoms with Gasteiger partial charge < -0.3 is 10.7 Å². The lowest BCUT2D eigenvalue weighted by Gasteiger charge is -2.09. The average Bonchev–Trinajstić information content (AvgIpc) is 2.79. The predicted octanol–water partition coefficient (Wildman–Crippen LogP) is 2.09. The van der Waals surface area contributed by atoms with Gasteiger partial charge in [-0.15, -0.1) is 0 Å². The highest BCUT2D eigenvalue weighted by molar-refractivity contribution is 7.99. The second-order valence-corrected chi connectivity index (χ2v) is 5.74. The van der Waals surface area contributed by atoms with Gasteiger partial charge in [0, 0.05) is 5.25 Å². The van der Waals surface area contributed by atoms with E-state index < -0.39 is 0 Å². The van der Waals surface area contributed by atoms with Gasteiger partial charge in [-0.3, -0.25) is 4.79 Å². The normalized spacial score (nSPS) is 16.5. The molecule has 0 saturated heterocycles. The number of nitrogens with zero attached hydrogens (tertiary/aromatic N) is 1. The van der Waals surface area contributed by atoms with Crippen LogP contribution in [0.4, 0.5) is 5.82 Å². The molecule has 1 heterocycles. The average molecular weight is 253 g/mol. The Hall–Kier alpha value is -0.970. The van der Waals surface area contributed by atoms with Gasteiger partial charge in [-0.05, 0) is 19.3 Å². The Morgan fingerprint density at radius 2 is 2.18 bits per heavy atom. The van der Waals surface area contributed by atoms with Gasteiger partial charge in [0.15, 0.2) is 0 Å². The molecule has 0 radical (unpaired) electrons. The van der Waals surface area contributed by atoms with Gasteiger partial charge in [0.05, 0.1) is 11.3 Å². The van der Waals surface area contributed by atoms with Crippen molar-refractivity contribution < 1.29 is 0 Å². The minimum Gasteiger partial charge on any atom is -0.383 e. The lowest BCUT2D eigenvalue weighted by Crippen LogP contribution is -2.19. The highest BCUT2D eigenvalue weighted by Crippen LogP contribution is 2.30. The molecule has 17 heavy (non-hydrogen) atoms. The molecule has 0 spiro atoms. The summed E-state index contributed by atoms with van der Waals surface area (Å²) in [4.78, 5) is 18.8. The Kier molecular flexibility index (Phi) is 4.10. The van der Waals surface area contributed by atoms with Gasteiger partial charge >= 0.3 is 0 Å². The molecule has 0 bridgehead atoms. The molecule has 0 amide bonds. The van der Waals surface area contributed by atoms with Crippen LogP contribution in [0.5, 0.6) is 0 Å². The second kappa shape index (κ2) is 5.58. The van der Waals surface area contributed by atoms with Crippen molar-refractivity contribution >= 4 is 17.6 Å². The molecule has 94 valence electrons. The van der Waals surface area contributed by atoms with Gasteiger partial charge in [-0.1, -0.05) is 19.8 Å². The minimum atomic E-state index is -0.0815. The van der Waals surface area contributed by atoms with Crippen LogP contribution in [0, 0.1) is 0 Å². The van der Waals surface area contributed by atoms with Crippen molar-refractivity contribution in [3.05, 3.63) is 21.7 Å². The highest BCUT2D eigenvalue weighted by atomic mass is 32.2. The summed E-state index contributed by atoms with van der Waals surface area (Å²) in [5, 5.41) is 0.729. The van der Waals surface area contributed by atoms with Crippen molar-refractivity contribution in [1.29, 1.82) is 0 Å². The highest BCUT2D eigenvalue weighted by Gasteiger charge is 2.16. The Morgan fingerprint density at radius 3 is 2.76 bits per heavy atom. The summed E-state index contributed by atoms with van der Waals surface area (Å²) in [7, 11) is 0. The molecule has 1 aliphatic rings. The fraction of sp³-hybridized carbons (Fsp3) is 0.667. The number of aromatic nitrogens is 2. The van der Waals surface area contributed by atoms with Crippen molar-refractivity contribution in [3.63, 3.8) is 0 Å². The Morgan fingerprint density at radius 1 is 1.47 bits per heavy atom. The summed E-state index contributed by atoms with van der Waals surface area (Å²) < 4.78 is 0. The molecule has 1 aliphatic carbocycles. The minimum absolute atomic E-state index is 0.0815. The van der Waals surface area contributed by atoms with E-state index in [4.69, 9.17) is 5.73 Å². The monoisotopic (exact) mass is 253 g/mol. The molecule has 0 aromatic carbocycles. The van der Waals surface area contributed by atoms with Crippen LogP contribution in [0.3, 0.4) is 0 Å². The zero-order valence-corrected chi connectivity index (χ0v) is 11.0. The van der Waals surface area contributed by atoms with Crippen LogP contribution in [0.1, 0.15) is 44.0 Å². The molecule has 2 rings (SSSR count). The van der Waals surface area contributed by atoms with E-state index in [9.17, 15) is 4.79 Å². The third-order valence-electron chi connectivity index (χ3n) is 3.21. The van der Waals surface area contributed by atoms with E-state index in [1.165, 1.54) is 25.7 Å². The van der Waals surface area contributed by atoms with Gasteiger partial charge in [0.25, 0.3) is 5.56 Å². The number of H-pyrrole nitrogens is 1. The first-order chi connectivity index (χ1) is 8.20. The molecule has 0 aliphatic heterocycles. The fourth-order valence-corrected chi connectivity index (χ4v) is 3.42. The predicted molar refractivity (Wildman–Crippen MR) is 72.2 cm³/mol. The van der Waals surface area contributed by atoms with Gasteiger partial charge in [-0.2, -0.15) is 11.8 Å². The maximum absolute atomic E-state index is 11.7. The fourth-order valence-electron chi connectivity index (χ4n) is 2.23. The van der Waals surface area contributed by atoms with Crippen molar-refractivity contribution in [2.24, 2.45) is 0 Å². The van der Waals surface area contributed by atoms with Crippen molar-refractivity contribution in [3.8, 4) is 0 Å². The Labute approximate surface area is 105 Å². The van der Waals surface area contributed by atoms with Crippen LogP contribution in [0.2, 0.25) is 0 Å². The van der Waals surface area contributed by atoms with E-state index in [2.05, 4.69) is 9.97 Å². The van der Waals surface area contributed by atoms with E-state index in [0.29, 0.717) is 23.6 Å². The number of thioether (sulfide) groups is 1. The first-order valence-corrected chi connectivity index (χ1v) is 7.24. The summed E-state index contributed by atoms with van der Waals surface area (Å²) in [6, 6.07) is 0. The number of hydrogen-bond acceptors (Lipinski definition) is 4. The third-order valence-corrected chi connectivity index (χ3v) is 4.59. The molecule has 4 nitrogen and oxygen atoms in total. The molecule has 0 atom stereocenters. The number of hydrogen-bond donors (Lipinski definition) is 2. The van der Waals surface area contributed by atoms with Crippen LogP contribution in [-0.4, -0.2) is 15.2 Å². The van der Waals surface area contributed by atoms with Crippen molar-refractivity contribution in [2.75, 3.05) is 5.73 Å². The van der Waals surface area contributed by atoms with E-state index in [1.54, 1.807) is 0 Å². The lowest BCUT2D eigenvalue weighted by atomic mass is 10.2. The summed E-state index contributed by atoms with van der Waals surface area (Å²) in [5.41, 5.74) is 6.29. The standard InChI is InChI=1S/C12H19N3OS/c1-2-9-11(13)14-10(15-12(9)16)7-17-8-5-3-4-6-8/h8H,2-7H2,1H3,(H3,13,14,15,16). The molecule has 3 N–H and O–H groups in total. The largest absolute Gasteiger partial charge is 0.383 e. The number of rotatable bonds is 4. The molecule has 5 heteroatoms. The van der Waals surface area contributed by atoms with Crippen molar-refractivity contribution in [1.82, 2.24) is 9.97 Å². The SMILES string of the molecule is CCc1c(N)nc(CSC2CCCC2)[nH]c1=O. The van der Waals surface area contributed by atoms with Crippen LogP contribution in [0.25, 0.3) is 0 Å². The van der Waals surface area contributed by atoms with Crippen LogP contribution < -0.4 is 11.3 Å². The first kappa shape index (κ1) is 12.5. The Balaban J connectivity index is 2.03. The van der Waals surface area contributed by atoms with E-state index in [1.807, 2.05) is 18.7 Å². The lowest BCUT2D eigenvalue weighted by molar-refractivity contribution is 0.886. The molecule has 0 unspecified atom stereocenters. The summed E-state index contributed by atoms with van der Waals surface area (Å²) >= 11 is 1.88.